The van der Waals surface area contributed by atoms with Crippen molar-refractivity contribution in [1.82, 2.24) is 0 Å². The van der Waals surface area contributed by atoms with Gasteiger partial charge < -0.3 is 5.73 Å². The van der Waals surface area contributed by atoms with Crippen molar-refractivity contribution in [2.45, 2.75) is 11.8 Å². The Bertz CT molecular complexity index is 259. The fourth-order valence-corrected chi connectivity index (χ4v) is 2.43. The van der Waals surface area contributed by atoms with Crippen LogP contribution in [0.4, 0.5) is 0 Å². The van der Waals surface area contributed by atoms with Crippen LogP contribution in [0.2, 0.25) is 0 Å². The first-order valence-corrected chi connectivity index (χ1v) is 4.88. The van der Waals surface area contributed by atoms with Gasteiger partial charge in [-0.15, -0.1) is 11.8 Å². The molecule has 1 aliphatic rings. The van der Waals surface area contributed by atoms with Crippen LogP contribution in [0.25, 0.3) is 0 Å². The predicted molar refractivity (Wildman–Crippen MR) is 49.5 cm³/mol. The van der Waals surface area contributed by atoms with Crippen LogP contribution in [0.3, 0.4) is 0 Å². The molecule has 0 saturated carbocycles. The highest BCUT2D eigenvalue weighted by molar-refractivity contribution is 7.99. The molecule has 2 N–H and O–H groups in total. The molecule has 2 heteroatoms. The summed E-state index contributed by atoms with van der Waals surface area (Å²) in [4.78, 5) is 0. The third-order valence-electron chi connectivity index (χ3n) is 2.03. The largest absolute Gasteiger partial charge is 0.316 e. The second kappa shape index (κ2) is 2.88. The van der Waals surface area contributed by atoms with E-state index in [2.05, 4.69) is 24.3 Å². The second-order valence-corrected chi connectivity index (χ2v) is 3.99. The van der Waals surface area contributed by atoms with E-state index in [0.29, 0.717) is 0 Å². The van der Waals surface area contributed by atoms with E-state index in [1.165, 1.54) is 17.5 Å². The zero-order chi connectivity index (χ0) is 7.68. The molecule has 0 amide bonds. The van der Waals surface area contributed by atoms with E-state index < -0.39 is 0 Å². The molecule has 1 aliphatic heterocycles. The summed E-state index contributed by atoms with van der Waals surface area (Å²) in [6.07, 6.45) is 1.18. The third-order valence-corrected chi connectivity index (χ3v) is 3.08. The molecule has 11 heavy (non-hydrogen) atoms. The van der Waals surface area contributed by atoms with Crippen molar-refractivity contribution >= 4 is 11.8 Å². The van der Waals surface area contributed by atoms with Gasteiger partial charge >= 0.3 is 0 Å². The zero-order valence-electron chi connectivity index (χ0n) is 6.29. The van der Waals surface area contributed by atoms with Crippen molar-refractivity contribution in [3.05, 3.63) is 35.4 Å². The standard InChI is InChI=1S/C9H11NS/c10-9-8-4-2-1-3-7(8)5-6-11-9/h1-4,9H,5-6,10H2. The predicted octanol–water partition coefficient (Wildman–Crippen LogP) is 1.93. The van der Waals surface area contributed by atoms with Crippen molar-refractivity contribution in [2.24, 2.45) is 5.73 Å². The zero-order valence-corrected chi connectivity index (χ0v) is 7.10. The summed E-state index contributed by atoms with van der Waals surface area (Å²) in [5.41, 5.74) is 8.66. The lowest BCUT2D eigenvalue weighted by molar-refractivity contribution is 0.949. The molecular formula is C9H11NS. The maximum absolute atomic E-state index is 5.91. The van der Waals surface area contributed by atoms with E-state index in [1.807, 2.05) is 11.8 Å². The van der Waals surface area contributed by atoms with Crippen molar-refractivity contribution in [2.75, 3.05) is 5.75 Å². The number of hydrogen-bond donors (Lipinski definition) is 1. The lowest BCUT2D eigenvalue weighted by Crippen LogP contribution is -2.14. The fraction of sp³-hybridized carbons (Fsp3) is 0.333. The Morgan fingerprint density at radius 1 is 1.36 bits per heavy atom. The van der Waals surface area contributed by atoms with Gasteiger partial charge in [-0.2, -0.15) is 0 Å². The summed E-state index contributed by atoms with van der Waals surface area (Å²) in [7, 11) is 0. The van der Waals surface area contributed by atoms with Crippen LogP contribution in [-0.2, 0) is 6.42 Å². The lowest BCUT2D eigenvalue weighted by Gasteiger charge is -2.20. The van der Waals surface area contributed by atoms with Crippen molar-refractivity contribution in [3.63, 3.8) is 0 Å². The topological polar surface area (TPSA) is 26.0 Å². The first kappa shape index (κ1) is 7.19. The van der Waals surface area contributed by atoms with E-state index in [-0.39, 0.29) is 5.37 Å². The molecule has 0 aromatic heterocycles. The molecule has 0 aliphatic carbocycles. The SMILES string of the molecule is NC1SCCc2ccccc21. The van der Waals surface area contributed by atoms with Crippen LogP contribution in [0.15, 0.2) is 24.3 Å². The molecule has 1 aromatic rings. The van der Waals surface area contributed by atoms with Gasteiger partial charge in [0.05, 0.1) is 5.37 Å². The molecule has 0 spiro atoms. The minimum Gasteiger partial charge on any atom is -0.316 e. The summed E-state index contributed by atoms with van der Waals surface area (Å²) in [6.45, 7) is 0. The minimum atomic E-state index is 0.208. The van der Waals surface area contributed by atoms with E-state index in [4.69, 9.17) is 5.73 Å². The van der Waals surface area contributed by atoms with Crippen LogP contribution in [0.1, 0.15) is 16.5 Å². The molecule has 0 saturated heterocycles. The molecule has 0 radical (unpaired) electrons. The molecule has 1 aromatic carbocycles. The highest BCUT2D eigenvalue weighted by Gasteiger charge is 2.15. The number of fused-ring (bicyclic) bond motifs is 1. The van der Waals surface area contributed by atoms with Gasteiger partial charge in [0.15, 0.2) is 0 Å². The first-order valence-electron chi connectivity index (χ1n) is 3.83. The van der Waals surface area contributed by atoms with Gasteiger partial charge in [0.2, 0.25) is 0 Å². The summed E-state index contributed by atoms with van der Waals surface area (Å²) >= 11 is 1.84. The number of thioether (sulfide) groups is 1. The highest BCUT2D eigenvalue weighted by atomic mass is 32.2. The maximum atomic E-state index is 5.91. The van der Waals surface area contributed by atoms with Gasteiger partial charge in [-0.25, -0.2) is 0 Å². The quantitative estimate of drug-likeness (QED) is 0.635. The monoisotopic (exact) mass is 165 g/mol. The smallest absolute Gasteiger partial charge is 0.0767 e. The first-order chi connectivity index (χ1) is 5.38. The molecule has 2 rings (SSSR count). The number of benzene rings is 1. The number of nitrogens with two attached hydrogens (primary N) is 1. The number of rotatable bonds is 0. The van der Waals surface area contributed by atoms with Crippen LogP contribution >= 0.6 is 11.8 Å². The van der Waals surface area contributed by atoms with Crippen LogP contribution in [0.5, 0.6) is 0 Å². The Hall–Kier alpha value is -0.470. The average molecular weight is 165 g/mol. The van der Waals surface area contributed by atoms with E-state index >= 15 is 0 Å². The van der Waals surface area contributed by atoms with Gasteiger partial charge in [0.1, 0.15) is 0 Å². The molecule has 58 valence electrons. The number of hydrogen-bond acceptors (Lipinski definition) is 2. The number of aryl methyl sites for hydroxylation is 1. The molecule has 1 unspecified atom stereocenters. The molecule has 0 fully saturated rings. The summed E-state index contributed by atoms with van der Waals surface area (Å²) in [5.74, 6) is 1.16. The van der Waals surface area contributed by atoms with Crippen molar-refractivity contribution in [1.29, 1.82) is 0 Å². The highest BCUT2D eigenvalue weighted by Crippen LogP contribution is 2.31. The Labute approximate surface area is 71.0 Å². The van der Waals surface area contributed by atoms with E-state index in [9.17, 15) is 0 Å². The normalized spacial score (nSPS) is 22.8. The molecule has 1 atom stereocenters. The van der Waals surface area contributed by atoms with E-state index in [0.717, 1.165) is 5.75 Å². The molecule has 1 nitrogen and oxygen atoms in total. The Morgan fingerprint density at radius 2 is 2.18 bits per heavy atom. The lowest BCUT2D eigenvalue weighted by atomic mass is 10.1. The van der Waals surface area contributed by atoms with Gasteiger partial charge in [0, 0.05) is 0 Å². The van der Waals surface area contributed by atoms with Crippen LogP contribution in [0, 0.1) is 0 Å². The summed E-state index contributed by atoms with van der Waals surface area (Å²) in [5, 5.41) is 0.208. The van der Waals surface area contributed by atoms with Crippen LogP contribution < -0.4 is 5.73 Å². The Kier molecular flexibility index (Phi) is 1.88. The Balaban J connectivity index is 2.44. The second-order valence-electron chi connectivity index (χ2n) is 2.74. The fourth-order valence-electron chi connectivity index (χ4n) is 1.43. The van der Waals surface area contributed by atoms with Gasteiger partial charge in [-0.3, -0.25) is 0 Å². The van der Waals surface area contributed by atoms with Gasteiger partial charge in [-0.1, -0.05) is 24.3 Å². The third kappa shape index (κ3) is 1.28. The van der Waals surface area contributed by atoms with Crippen molar-refractivity contribution in [3.8, 4) is 0 Å². The van der Waals surface area contributed by atoms with Gasteiger partial charge in [-0.05, 0) is 23.3 Å². The van der Waals surface area contributed by atoms with E-state index in [1.54, 1.807) is 0 Å². The summed E-state index contributed by atoms with van der Waals surface area (Å²) < 4.78 is 0. The van der Waals surface area contributed by atoms with Crippen molar-refractivity contribution < 1.29 is 0 Å². The molecule has 1 heterocycles. The summed E-state index contributed by atoms with van der Waals surface area (Å²) in [6, 6.07) is 8.45. The maximum Gasteiger partial charge on any atom is 0.0767 e. The molecular weight excluding hydrogens is 154 g/mol. The molecule has 0 bridgehead atoms. The average Bonchev–Trinajstić information content (AvgIpc) is 2.06. The minimum absolute atomic E-state index is 0.208. The van der Waals surface area contributed by atoms with Gasteiger partial charge in [0.25, 0.3) is 0 Å². The van der Waals surface area contributed by atoms with Crippen LogP contribution in [-0.4, -0.2) is 5.75 Å². The Morgan fingerprint density at radius 3 is 3.00 bits per heavy atom.